The van der Waals surface area contributed by atoms with Crippen molar-refractivity contribution in [2.24, 2.45) is 0 Å². The molecule has 112 valence electrons. The lowest BCUT2D eigenvalue weighted by Gasteiger charge is -2.26. The molecule has 0 aromatic carbocycles. The van der Waals surface area contributed by atoms with Gasteiger partial charge in [-0.25, -0.2) is 0 Å². The van der Waals surface area contributed by atoms with Gasteiger partial charge in [-0.1, -0.05) is 26.2 Å². The summed E-state index contributed by atoms with van der Waals surface area (Å²) in [6, 6.07) is 2.89. The molecule has 1 fully saturated rings. The molecule has 0 saturated heterocycles. The molecule has 0 radical (unpaired) electrons. The number of aryl methyl sites for hydroxylation is 1. The molecule has 1 N–H and O–H groups in total. The van der Waals surface area contributed by atoms with Gasteiger partial charge in [-0.05, 0) is 46.1 Å². The van der Waals surface area contributed by atoms with E-state index in [1.54, 1.807) is 0 Å². The number of aromatic nitrogens is 1. The highest BCUT2D eigenvalue weighted by atomic mass is 16.1. The monoisotopic (exact) mass is 276 g/mol. The van der Waals surface area contributed by atoms with Crippen molar-refractivity contribution in [2.45, 2.75) is 78.3 Å². The Morgan fingerprint density at radius 3 is 2.60 bits per heavy atom. The molecule has 1 aliphatic rings. The average molecular weight is 276 g/mol. The lowest BCUT2D eigenvalue weighted by atomic mass is 9.95. The molecule has 1 heterocycles. The van der Waals surface area contributed by atoms with Crippen molar-refractivity contribution in [2.75, 3.05) is 0 Å². The minimum atomic E-state index is 0.0782. The zero-order chi connectivity index (χ0) is 14.7. The lowest BCUT2D eigenvalue weighted by Crippen LogP contribution is -2.32. The Balaban J connectivity index is 2.21. The number of hydrogen-bond donors (Lipinski definition) is 1. The van der Waals surface area contributed by atoms with Crippen LogP contribution in [0.15, 0.2) is 6.07 Å². The average Bonchev–Trinajstić information content (AvgIpc) is 2.75. The van der Waals surface area contributed by atoms with Gasteiger partial charge in [0.1, 0.15) is 0 Å². The fourth-order valence-corrected chi connectivity index (χ4v) is 3.31. The summed E-state index contributed by atoms with van der Waals surface area (Å²) in [5, 5.41) is 3.08. The molecule has 0 bridgehead atoms. The molecule has 1 aromatic heterocycles. The molecular weight excluding hydrogens is 248 g/mol. The molecule has 3 heteroatoms. The summed E-state index contributed by atoms with van der Waals surface area (Å²) in [6.07, 6.45) is 7.46. The summed E-state index contributed by atoms with van der Waals surface area (Å²) in [6.45, 7) is 8.36. The number of carbonyl (C=O) groups excluding carboxylic acids is 1. The summed E-state index contributed by atoms with van der Waals surface area (Å²) in [5.41, 5.74) is 3.22. The van der Waals surface area contributed by atoms with Gasteiger partial charge >= 0.3 is 0 Å². The Kier molecular flexibility index (Phi) is 4.90. The first-order chi connectivity index (χ1) is 9.54. The van der Waals surface area contributed by atoms with E-state index in [-0.39, 0.29) is 11.9 Å². The second-order valence-electron chi connectivity index (χ2n) is 6.23. The first-order valence-corrected chi connectivity index (χ1v) is 8.03. The van der Waals surface area contributed by atoms with E-state index in [1.165, 1.54) is 37.8 Å². The van der Waals surface area contributed by atoms with Gasteiger partial charge in [0.2, 0.25) is 0 Å². The molecule has 0 spiro atoms. The number of nitrogens with zero attached hydrogens (tertiary/aromatic N) is 1. The zero-order valence-corrected chi connectivity index (χ0v) is 13.3. The smallest absolute Gasteiger partial charge is 0.253 e. The molecule has 0 aliphatic heterocycles. The van der Waals surface area contributed by atoms with Gasteiger partial charge in [0.05, 0.1) is 5.56 Å². The van der Waals surface area contributed by atoms with Crippen molar-refractivity contribution in [1.29, 1.82) is 0 Å². The molecule has 2 rings (SSSR count). The highest BCUT2D eigenvalue weighted by Crippen LogP contribution is 2.32. The van der Waals surface area contributed by atoms with Crippen LogP contribution in [0.3, 0.4) is 0 Å². The summed E-state index contributed by atoms with van der Waals surface area (Å²) < 4.78 is 2.39. The van der Waals surface area contributed by atoms with Gasteiger partial charge in [0.25, 0.3) is 5.91 Å². The molecule has 1 atom stereocenters. The first-order valence-electron chi connectivity index (χ1n) is 8.03. The van der Waals surface area contributed by atoms with Crippen LogP contribution in [0.1, 0.15) is 80.2 Å². The number of rotatable bonds is 4. The SMILES string of the molecule is CCC(C)NC(=O)c1cc(C)n(C2CCCCC2)c1C. The van der Waals surface area contributed by atoms with E-state index in [9.17, 15) is 4.79 Å². The summed E-state index contributed by atoms with van der Waals surface area (Å²) >= 11 is 0. The van der Waals surface area contributed by atoms with Gasteiger partial charge in [-0.3, -0.25) is 4.79 Å². The number of nitrogens with one attached hydrogen (secondary N) is 1. The van der Waals surface area contributed by atoms with Gasteiger partial charge in [0.15, 0.2) is 0 Å². The normalized spacial score (nSPS) is 18.0. The fraction of sp³-hybridized carbons (Fsp3) is 0.706. The Bertz CT molecular complexity index is 470. The van der Waals surface area contributed by atoms with E-state index in [1.807, 2.05) is 0 Å². The zero-order valence-electron chi connectivity index (χ0n) is 13.3. The van der Waals surface area contributed by atoms with Crippen molar-refractivity contribution in [3.63, 3.8) is 0 Å². The van der Waals surface area contributed by atoms with Gasteiger partial charge < -0.3 is 9.88 Å². The standard InChI is InChI=1S/C17H28N2O/c1-5-12(2)18-17(20)16-11-13(3)19(14(16)4)15-9-7-6-8-10-15/h11-12,15H,5-10H2,1-4H3,(H,18,20). The van der Waals surface area contributed by atoms with Crippen LogP contribution < -0.4 is 5.32 Å². The largest absolute Gasteiger partial charge is 0.350 e. The second-order valence-corrected chi connectivity index (χ2v) is 6.23. The van der Waals surface area contributed by atoms with E-state index < -0.39 is 0 Å². The van der Waals surface area contributed by atoms with Crippen molar-refractivity contribution in [3.8, 4) is 0 Å². The van der Waals surface area contributed by atoms with Crippen LogP contribution in [0, 0.1) is 13.8 Å². The van der Waals surface area contributed by atoms with Crippen LogP contribution in [-0.2, 0) is 0 Å². The molecule has 1 unspecified atom stereocenters. The quantitative estimate of drug-likeness (QED) is 0.881. The first kappa shape index (κ1) is 15.1. The molecule has 1 saturated carbocycles. The van der Waals surface area contributed by atoms with Crippen LogP contribution in [0.5, 0.6) is 0 Å². The van der Waals surface area contributed by atoms with E-state index >= 15 is 0 Å². The minimum absolute atomic E-state index is 0.0782. The molecule has 20 heavy (non-hydrogen) atoms. The van der Waals surface area contributed by atoms with Crippen LogP contribution in [0.2, 0.25) is 0 Å². The Morgan fingerprint density at radius 1 is 1.35 bits per heavy atom. The minimum Gasteiger partial charge on any atom is -0.350 e. The molecule has 1 amide bonds. The maximum Gasteiger partial charge on any atom is 0.253 e. The Labute approximate surface area is 122 Å². The van der Waals surface area contributed by atoms with Crippen molar-refractivity contribution in [1.82, 2.24) is 9.88 Å². The number of carbonyl (C=O) groups is 1. The van der Waals surface area contributed by atoms with E-state index in [0.717, 1.165) is 17.7 Å². The van der Waals surface area contributed by atoms with Crippen molar-refractivity contribution >= 4 is 5.91 Å². The lowest BCUT2D eigenvalue weighted by molar-refractivity contribution is 0.0938. The molecule has 3 nitrogen and oxygen atoms in total. The van der Waals surface area contributed by atoms with E-state index in [0.29, 0.717) is 6.04 Å². The maximum atomic E-state index is 12.4. The third-order valence-electron chi connectivity index (χ3n) is 4.66. The van der Waals surface area contributed by atoms with Crippen molar-refractivity contribution in [3.05, 3.63) is 23.0 Å². The predicted molar refractivity (Wildman–Crippen MR) is 83.2 cm³/mol. The van der Waals surface area contributed by atoms with Crippen LogP contribution in [0.25, 0.3) is 0 Å². The van der Waals surface area contributed by atoms with E-state index in [4.69, 9.17) is 0 Å². The summed E-state index contributed by atoms with van der Waals surface area (Å²) in [4.78, 5) is 12.4. The van der Waals surface area contributed by atoms with Crippen LogP contribution in [0.4, 0.5) is 0 Å². The molecule has 1 aromatic rings. The summed E-state index contributed by atoms with van der Waals surface area (Å²) in [7, 11) is 0. The Morgan fingerprint density at radius 2 is 2.00 bits per heavy atom. The van der Waals surface area contributed by atoms with Crippen LogP contribution >= 0.6 is 0 Å². The Hall–Kier alpha value is -1.25. The summed E-state index contributed by atoms with van der Waals surface area (Å²) in [5.74, 6) is 0.0782. The predicted octanol–water partition coefficient (Wildman–Crippen LogP) is 4.14. The van der Waals surface area contributed by atoms with Gasteiger partial charge in [-0.15, -0.1) is 0 Å². The van der Waals surface area contributed by atoms with E-state index in [2.05, 4.69) is 43.6 Å². The maximum absolute atomic E-state index is 12.4. The highest BCUT2D eigenvalue weighted by Gasteiger charge is 2.22. The number of hydrogen-bond acceptors (Lipinski definition) is 1. The fourth-order valence-electron chi connectivity index (χ4n) is 3.31. The third kappa shape index (κ3) is 3.08. The van der Waals surface area contributed by atoms with Gasteiger partial charge in [-0.2, -0.15) is 0 Å². The second kappa shape index (κ2) is 6.47. The molecular formula is C17H28N2O. The molecule has 1 aliphatic carbocycles. The third-order valence-corrected chi connectivity index (χ3v) is 4.66. The van der Waals surface area contributed by atoms with Crippen LogP contribution in [-0.4, -0.2) is 16.5 Å². The van der Waals surface area contributed by atoms with Crippen molar-refractivity contribution < 1.29 is 4.79 Å². The van der Waals surface area contributed by atoms with Gasteiger partial charge in [0, 0.05) is 23.5 Å². The number of amides is 1. The topological polar surface area (TPSA) is 34.0 Å². The highest BCUT2D eigenvalue weighted by molar-refractivity contribution is 5.95.